The van der Waals surface area contributed by atoms with Crippen molar-refractivity contribution < 1.29 is 29.7 Å². The summed E-state index contributed by atoms with van der Waals surface area (Å²) in [6.07, 6.45) is 0. The molecule has 0 aliphatic carbocycles. The molecule has 0 radical (unpaired) electrons. The summed E-state index contributed by atoms with van der Waals surface area (Å²) in [7, 11) is 0. The van der Waals surface area contributed by atoms with E-state index in [4.69, 9.17) is 15.3 Å². The van der Waals surface area contributed by atoms with Crippen molar-refractivity contribution in [1.29, 1.82) is 0 Å². The Labute approximate surface area is 84.9 Å². The number of carboxylic acids is 1. The quantitative estimate of drug-likeness (QED) is 0.317. The first-order chi connectivity index (χ1) is 7.01. The zero-order chi connectivity index (χ0) is 11.8. The number of aliphatic hydroxyl groups excluding tert-OH is 2. The Kier molecular flexibility index (Phi) is 5.99. The number of nitrogens with one attached hydrogen (secondary N) is 2. The summed E-state index contributed by atoms with van der Waals surface area (Å²) < 4.78 is 0. The van der Waals surface area contributed by atoms with E-state index in [0.29, 0.717) is 0 Å². The molecule has 0 aromatic heterocycles. The van der Waals surface area contributed by atoms with Crippen molar-refractivity contribution in [2.24, 2.45) is 0 Å². The van der Waals surface area contributed by atoms with Crippen molar-refractivity contribution >= 4 is 17.8 Å². The zero-order valence-electron chi connectivity index (χ0n) is 7.77. The highest BCUT2D eigenvalue weighted by atomic mass is 16.4. The van der Waals surface area contributed by atoms with Gasteiger partial charge in [0, 0.05) is 0 Å². The van der Waals surface area contributed by atoms with Gasteiger partial charge in [0.1, 0.15) is 12.6 Å². The lowest BCUT2D eigenvalue weighted by molar-refractivity contribution is -0.142. The second-order valence-electron chi connectivity index (χ2n) is 2.58. The van der Waals surface area contributed by atoms with Gasteiger partial charge in [-0.25, -0.2) is 4.79 Å². The van der Waals surface area contributed by atoms with Crippen LogP contribution < -0.4 is 10.6 Å². The summed E-state index contributed by atoms with van der Waals surface area (Å²) in [5.74, 6) is -2.89. The van der Waals surface area contributed by atoms with Crippen molar-refractivity contribution in [1.82, 2.24) is 10.6 Å². The van der Waals surface area contributed by atoms with Gasteiger partial charge in [-0.3, -0.25) is 9.59 Å². The van der Waals surface area contributed by atoms with Crippen LogP contribution in [0.5, 0.6) is 0 Å². The minimum atomic E-state index is -1.40. The average Bonchev–Trinajstić information content (AvgIpc) is 2.21. The summed E-state index contributed by atoms with van der Waals surface area (Å²) in [6, 6.07) is -1.40. The smallest absolute Gasteiger partial charge is 0.328 e. The van der Waals surface area contributed by atoms with Crippen LogP contribution in [0.3, 0.4) is 0 Å². The van der Waals surface area contributed by atoms with Crippen molar-refractivity contribution in [2.45, 2.75) is 6.04 Å². The molecule has 2 amide bonds. The van der Waals surface area contributed by atoms with Crippen molar-refractivity contribution in [3.8, 4) is 0 Å². The largest absolute Gasteiger partial charge is 0.480 e. The van der Waals surface area contributed by atoms with E-state index < -0.39 is 43.6 Å². The molecule has 0 aromatic rings. The van der Waals surface area contributed by atoms with E-state index in [2.05, 4.69) is 0 Å². The first kappa shape index (κ1) is 13.3. The third-order valence-corrected chi connectivity index (χ3v) is 1.41. The molecule has 0 rings (SSSR count). The molecule has 0 aromatic carbocycles. The SMILES string of the molecule is O=C(CO)NCC(=O)N[C@H](CO)C(=O)O. The van der Waals surface area contributed by atoms with E-state index in [1.807, 2.05) is 10.6 Å². The molecule has 0 spiro atoms. The van der Waals surface area contributed by atoms with Crippen LogP contribution in [0.25, 0.3) is 0 Å². The van der Waals surface area contributed by atoms with Crippen LogP contribution in [0.2, 0.25) is 0 Å². The second-order valence-corrected chi connectivity index (χ2v) is 2.58. The number of aliphatic hydroxyl groups is 2. The van der Waals surface area contributed by atoms with Crippen LogP contribution in [-0.4, -0.2) is 58.9 Å². The molecule has 8 nitrogen and oxygen atoms in total. The molecule has 86 valence electrons. The van der Waals surface area contributed by atoms with Crippen LogP contribution in [0.4, 0.5) is 0 Å². The van der Waals surface area contributed by atoms with Crippen molar-refractivity contribution in [3.05, 3.63) is 0 Å². The fourth-order valence-electron chi connectivity index (χ4n) is 0.666. The average molecular weight is 220 g/mol. The maximum atomic E-state index is 11.0. The van der Waals surface area contributed by atoms with Crippen LogP contribution in [0, 0.1) is 0 Å². The third kappa shape index (κ3) is 5.60. The number of carboxylic acid groups (broad SMARTS) is 1. The van der Waals surface area contributed by atoms with E-state index in [-0.39, 0.29) is 0 Å². The number of hydrogen-bond acceptors (Lipinski definition) is 5. The van der Waals surface area contributed by atoms with Crippen molar-refractivity contribution in [3.63, 3.8) is 0 Å². The monoisotopic (exact) mass is 220 g/mol. The number of aliphatic carboxylic acids is 1. The van der Waals surface area contributed by atoms with Crippen LogP contribution in [-0.2, 0) is 14.4 Å². The Hall–Kier alpha value is -1.67. The molecule has 0 saturated carbocycles. The predicted octanol–water partition coefficient (Wildman–Crippen LogP) is -3.34. The number of carbonyl (C=O) groups excluding carboxylic acids is 2. The zero-order valence-corrected chi connectivity index (χ0v) is 7.77. The normalized spacial score (nSPS) is 11.6. The van der Waals surface area contributed by atoms with E-state index >= 15 is 0 Å². The number of amides is 2. The maximum Gasteiger partial charge on any atom is 0.328 e. The van der Waals surface area contributed by atoms with Gasteiger partial charge in [-0.15, -0.1) is 0 Å². The van der Waals surface area contributed by atoms with Crippen LogP contribution in [0.1, 0.15) is 0 Å². The van der Waals surface area contributed by atoms with E-state index in [1.54, 1.807) is 0 Å². The predicted molar refractivity (Wildman–Crippen MR) is 46.7 cm³/mol. The van der Waals surface area contributed by atoms with Gasteiger partial charge in [-0.2, -0.15) is 0 Å². The molecular formula is C7H12N2O6. The fraction of sp³-hybridized carbons (Fsp3) is 0.571. The van der Waals surface area contributed by atoms with E-state index in [9.17, 15) is 14.4 Å². The molecule has 0 aliphatic rings. The van der Waals surface area contributed by atoms with Gasteiger partial charge in [-0.1, -0.05) is 0 Å². The summed E-state index contributed by atoms with van der Waals surface area (Å²) in [5.41, 5.74) is 0. The molecule has 15 heavy (non-hydrogen) atoms. The summed E-state index contributed by atoms with van der Waals surface area (Å²) >= 11 is 0. The number of hydrogen-bond donors (Lipinski definition) is 5. The number of carbonyl (C=O) groups is 3. The topological polar surface area (TPSA) is 136 Å². The second kappa shape index (κ2) is 6.74. The van der Waals surface area contributed by atoms with Crippen molar-refractivity contribution in [2.75, 3.05) is 19.8 Å². The lowest BCUT2D eigenvalue weighted by Crippen LogP contribution is -2.47. The number of rotatable bonds is 6. The highest BCUT2D eigenvalue weighted by Crippen LogP contribution is 1.81. The highest BCUT2D eigenvalue weighted by Gasteiger charge is 2.18. The lowest BCUT2D eigenvalue weighted by atomic mass is 10.3. The van der Waals surface area contributed by atoms with E-state index in [1.165, 1.54) is 0 Å². The third-order valence-electron chi connectivity index (χ3n) is 1.41. The molecule has 0 bridgehead atoms. The standard InChI is InChI=1S/C7H12N2O6/c10-2-4(7(14)15)9-5(12)1-8-6(13)3-11/h4,10-11H,1-3H2,(H,8,13)(H,9,12)(H,14,15)/t4-/m1/s1. The fourth-order valence-corrected chi connectivity index (χ4v) is 0.666. The summed E-state index contributed by atoms with van der Waals surface area (Å²) in [6.45, 7) is -1.95. The molecule has 0 saturated heterocycles. The Morgan fingerprint density at radius 2 is 1.73 bits per heavy atom. The van der Waals surface area contributed by atoms with Gasteiger partial charge in [0.15, 0.2) is 0 Å². The molecule has 0 fully saturated rings. The summed E-state index contributed by atoms with van der Waals surface area (Å²) in [4.78, 5) is 31.8. The van der Waals surface area contributed by atoms with E-state index in [0.717, 1.165) is 0 Å². The molecule has 0 heterocycles. The van der Waals surface area contributed by atoms with Gasteiger partial charge < -0.3 is 26.0 Å². The minimum absolute atomic E-state index is 0.455. The molecule has 8 heteroatoms. The first-order valence-corrected chi connectivity index (χ1v) is 4.01. The molecule has 5 N–H and O–H groups in total. The lowest BCUT2D eigenvalue weighted by Gasteiger charge is -2.11. The molecule has 1 atom stereocenters. The van der Waals surface area contributed by atoms with Gasteiger partial charge in [0.25, 0.3) is 0 Å². The highest BCUT2D eigenvalue weighted by molar-refractivity contribution is 5.88. The van der Waals surface area contributed by atoms with Gasteiger partial charge in [0.2, 0.25) is 11.8 Å². The maximum absolute atomic E-state index is 11.0. The minimum Gasteiger partial charge on any atom is -0.480 e. The van der Waals surface area contributed by atoms with Crippen LogP contribution in [0.15, 0.2) is 0 Å². The Balaban J connectivity index is 3.91. The first-order valence-electron chi connectivity index (χ1n) is 4.01. The molecule has 0 aliphatic heterocycles. The summed E-state index contributed by atoms with van der Waals surface area (Å²) in [5, 5.41) is 29.3. The Bertz CT molecular complexity index is 254. The van der Waals surface area contributed by atoms with Gasteiger partial charge in [-0.05, 0) is 0 Å². The Morgan fingerprint density at radius 1 is 1.13 bits per heavy atom. The Morgan fingerprint density at radius 3 is 2.13 bits per heavy atom. The van der Waals surface area contributed by atoms with Crippen LogP contribution >= 0.6 is 0 Å². The van der Waals surface area contributed by atoms with Gasteiger partial charge >= 0.3 is 5.97 Å². The molecular weight excluding hydrogens is 208 g/mol. The van der Waals surface area contributed by atoms with Gasteiger partial charge in [0.05, 0.1) is 13.2 Å². The molecule has 0 unspecified atom stereocenters.